The van der Waals surface area contributed by atoms with E-state index in [9.17, 15) is 136 Å². The second-order valence-corrected chi connectivity index (χ2v) is 39.9. The van der Waals surface area contributed by atoms with Gasteiger partial charge in [-0.05, 0) is 179 Å². The van der Waals surface area contributed by atoms with E-state index in [0.717, 1.165) is 22.5 Å². The van der Waals surface area contributed by atoms with Gasteiger partial charge in [-0.25, -0.2) is 26.8 Å². The maximum absolute atomic E-state index is 14.5. The monoisotopic (exact) mass is 2080 g/mol. The first kappa shape index (κ1) is 117. The zero-order valence-electron chi connectivity index (χ0n) is 78.9. The molecule has 6 aromatic rings. The highest BCUT2D eigenvalue weighted by Crippen LogP contribution is 2.29. The van der Waals surface area contributed by atoms with Crippen molar-refractivity contribution in [3.63, 3.8) is 0 Å². The Balaban J connectivity index is 0.923. The number of nitrogens with zero attached hydrogens (tertiary/aromatic N) is 6. The van der Waals surface area contributed by atoms with Crippen LogP contribution >= 0.6 is 0 Å². The van der Waals surface area contributed by atoms with Gasteiger partial charge in [0.25, 0.3) is 32.1 Å². The van der Waals surface area contributed by atoms with Crippen molar-refractivity contribution in [3.05, 3.63) is 165 Å². The fourth-order valence-electron chi connectivity index (χ4n) is 15.0. The van der Waals surface area contributed by atoms with Crippen LogP contribution in [0.3, 0.4) is 0 Å². The number of anilines is 2. The summed E-state index contributed by atoms with van der Waals surface area (Å²) in [4.78, 5) is 185. The molecule has 0 spiro atoms. The number of aliphatic hydroxyl groups is 2. The number of pyridine rings is 2. The van der Waals surface area contributed by atoms with Crippen LogP contribution in [0.2, 0.25) is 0 Å². The summed E-state index contributed by atoms with van der Waals surface area (Å²) in [5.74, 6) is -16.4. The maximum Gasteiger partial charge on any atom is 0.323 e. The second kappa shape index (κ2) is 56.7. The standard InChI is InChI=1S/C89H123N19O31S4/c1-55-43-65(44-56(2)81(55)142(134,135)103-68(88(124)125)47-96-83(119)61-21-15-59(16-22-61)19-25-63-9-5-11-72(90)98-63)138-41-7-13-74(109)92-29-31-94-85(121)70(53-140(128,129)130)101-76(111)28-27-67(100-77(112)49-105-33-35-106(50-78(113)114)37-39-108(52-80(117)118)40-38-107(36-34-105)51-79(115)116)87(123)102-71(54-141(131,132)133)86(122)95-32-30-93-75(110)14-8-42-139-66-45-57(3)82(58(4)46-66)143(136,137)104-69(89(126)127)48-97-84(120)62-23-17-60(18-24-62)20-26-64-10-6-12-73(91)99-64/h5-6,9-12,15-18,21-24,43-46,67-71,80,103-104,117-118H,7-8,13-14,19-20,25-42,47-54H2,1-4H3,(H2,90,98)(H2,91,99)(H,92,109)(H,93,110)(H,94,121)(H,95,122)(H,96,119)(H,97,120)(H,100,112)(H,101,111)(H,102,123)(H,113,114)(H,115,116)(H,124,125)(H,126,127)(H,128,129,130)(H,131,132,133). The number of carboxylic acids is 4. The lowest BCUT2D eigenvalue weighted by atomic mass is 10.1. The average molecular weight is 2080 g/mol. The largest absolute Gasteiger partial charge is 0.494 e. The van der Waals surface area contributed by atoms with Crippen molar-refractivity contribution >= 4 is 129 Å². The predicted molar refractivity (Wildman–Crippen MR) is 514 cm³/mol. The normalized spacial score (nSPS) is 14.4. The van der Waals surface area contributed by atoms with Crippen molar-refractivity contribution in [2.24, 2.45) is 0 Å². The fraction of sp³-hybridized carbons (Fsp3) is 0.472. The summed E-state index contributed by atoms with van der Waals surface area (Å²) in [6, 6.07) is 19.1. The van der Waals surface area contributed by atoms with Gasteiger partial charge in [0, 0.05) is 140 Å². The van der Waals surface area contributed by atoms with Gasteiger partial charge in [-0.3, -0.25) is 91.0 Å². The van der Waals surface area contributed by atoms with Crippen LogP contribution in [-0.4, -0.2) is 359 Å². The number of aromatic nitrogens is 2. The smallest absolute Gasteiger partial charge is 0.323 e. The number of aliphatic hydroxyl groups excluding tert-OH is 1. The van der Waals surface area contributed by atoms with Gasteiger partial charge in [-0.15, -0.1) is 0 Å². The maximum atomic E-state index is 14.5. The number of nitrogen functional groups attached to an aromatic ring is 2. The van der Waals surface area contributed by atoms with Crippen LogP contribution in [0.25, 0.3) is 0 Å². The molecule has 50 nitrogen and oxygen atoms in total. The highest BCUT2D eigenvalue weighted by atomic mass is 32.2. The molecule has 5 unspecified atom stereocenters. The molecule has 143 heavy (non-hydrogen) atoms. The molecule has 9 amide bonds. The summed E-state index contributed by atoms with van der Waals surface area (Å²) in [6.45, 7) is 0.373. The van der Waals surface area contributed by atoms with E-state index in [1.54, 1.807) is 53.4 Å². The molecule has 3 heterocycles. The van der Waals surface area contributed by atoms with Gasteiger partial charge in [0.1, 0.15) is 64.8 Å². The lowest BCUT2D eigenvalue weighted by molar-refractivity contribution is -0.139. The van der Waals surface area contributed by atoms with Gasteiger partial charge in [-0.2, -0.15) is 26.3 Å². The molecule has 23 N–H and O–H groups in total. The van der Waals surface area contributed by atoms with Gasteiger partial charge in [0.2, 0.25) is 61.4 Å². The van der Waals surface area contributed by atoms with Crippen molar-refractivity contribution in [3.8, 4) is 11.5 Å². The Kier molecular flexibility index (Phi) is 46.3. The zero-order chi connectivity index (χ0) is 105. The molecule has 1 aliphatic rings. The lowest BCUT2D eigenvalue weighted by Gasteiger charge is -2.33. The van der Waals surface area contributed by atoms with Crippen LogP contribution < -0.4 is 78.2 Å². The molecule has 54 heteroatoms. The van der Waals surface area contributed by atoms with Crippen LogP contribution in [0.15, 0.2) is 119 Å². The quantitative estimate of drug-likeness (QED) is 0.00982. The number of hydrogen-bond acceptors (Lipinski definition) is 33. The van der Waals surface area contributed by atoms with Gasteiger partial charge >= 0.3 is 23.9 Å². The molecule has 4 aromatic carbocycles. The molecule has 1 saturated heterocycles. The number of ether oxygens (including phenoxy) is 2. The van der Waals surface area contributed by atoms with Gasteiger partial charge in [0.15, 0.2) is 6.29 Å². The SMILES string of the molecule is Cc1cc(OCCCC(=O)NCCNC(=O)C(CS(=O)(=O)O)NC(=O)CCC(NC(=O)CN2CCN(CC(=O)O)CCN(CC(O)O)CCN(CC(=O)O)CC2)C(=O)NC(CS(=O)(=O)O)C(=O)NCCNC(=O)CCCOc2cc(C)c(S(=O)(=O)NC(CNC(=O)c3ccc(CCc4cccc(N)n4)cc3)C(=O)O)c(C)c2)cc(C)c1S(=O)(=O)NC(CNC(=O)c1ccc(CCc2cccc(N)n2)cc1)C(=O)O. The number of amides is 9. The Bertz CT molecular complexity index is 5860. The van der Waals surface area contributed by atoms with E-state index >= 15 is 0 Å². The summed E-state index contributed by atoms with van der Waals surface area (Å²) in [7, 11) is -19.5. The predicted octanol–water partition coefficient (Wildman–Crippen LogP) is -4.04. The first-order valence-electron chi connectivity index (χ1n) is 45.1. The van der Waals surface area contributed by atoms with Gasteiger partial charge in [0.05, 0.1) is 42.6 Å². The number of β-amino-alcohol motifs (C(OH)–C–C–N with tert-alkyl or cyclic N) is 2. The minimum Gasteiger partial charge on any atom is -0.494 e. The number of rotatable bonds is 57. The summed E-state index contributed by atoms with van der Waals surface area (Å²) in [6.07, 6.45) is -1.56. The number of carbonyl (C=O) groups excluding carboxylic acids is 9. The van der Waals surface area contributed by atoms with Crippen molar-refractivity contribution in [2.45, 2.75) is 138 Å². The third-order valence-corrected chi connectivity index (χ3v) is 26.9. The molecular formula is C89H123N19O31S4. The molecular weight excluding hydrogens is 1960 g/mol. The Morgan fingerprint density at radius 3 is 1.12 bits per heavy atom. The van der Waals surface area contributed by atoms with Crippen LogP contribution in [-0.2, 0) is 119 Å². The number of carboxylic acid groups (broad SMARTS) is 4. The minimum atomic E-state index is -5.21. The first-order valence-corrected chi connectivity index (χ1v) is 51.3. The zero-order valence-corrected chi connectivity index (χ0v) is 82.2. The molecule has 0 bridgehead atoms. The summed E-state index contributed by atoms with van der Waals surface area (Å²) < 4.78 is 141. The van der Waals surface area contributed by atoms with E-state index in [2.05, 4.69) is 67.3 Å². The topological polar surface area (TPSA) is 762 Å². The Hall–Kier alpha value is -13.1. The van der Waals surface area contributed by atoms with Crippen LogP contribution in [0.1, 0.15) is 104 Å². The molecule has 0 saturated carbocycles. The van der Waals surface area contributed by atoms with Gasteiger partial charge < -0.3 is 99.4 Å². The number of hydrogen-bond donors (Lipinski definition) is 21. The number of sulfonamides is 2. The molecule has 784 valence electrons. The molecule has 2 aromatic heterocycles. The average Bonchev–Trinajstić information content (AvgIpc) is 0.790. The van der Waals surface area contributed by atoms with E-state index in [1.807, 2.05) is 12.1 Å². The molecule has 1 aliphatic heterocycles. The number of aryl methyl sites for hydroxylation is 8. The van der Waals surface area contributed by atoms with E-state index in [0.29, 0.717) is 37.3 Å². The van der Waals surface area contributed by atoms with Crippen molar-refractivity contribution in [1.29, 1.82) is 0 Å². The fourth-order valence-corrected chi connectivity index (χ4v) is 19.5. The summed E-state index contributed by atoms with van der Waals surface area (Å²) in [5.41, 5.74) is 15.8. The van der Waals surface area contributed by atoms with Crippen LogP contribution in [0.5, 0.6) is 11.5 Å². The summed E-state index contributed by atoms with van der Waals surface area (Å²) in [5, 5.41) is 80.3. The number of carbonyl (C=O) groups is 13. The minimum absolute atomic E-state index is 0.0130. The third-order valence-electron chi connectivity index (χ3n) is 21.9. The number of nitrogens with two attached hydrogens (primary N) is 2. The van der Waals surface area contributed by atoms with Crippen molar-refractivity contribution in [2.75, 3.05) is 154 Å². The second-order valence-electron chi connectivity index (χ2n) is 33.6. The number of benzene rings is 4. The summed E-state index contributed by atoms with van der Waals surface area (Å²) >= 11 is 0. The Morgan fingerprint density at radius 2 is 0.762 bits per heavy atom. The highest BCUT2D eigenvalue weighted by molar-refractivity contribution is 7.90. The highest BCUT2D eigenvalue weighted by Gasteiger charge is 2.36. The van der Waals surface area contributed by atoms with E-state index in [4.69, 9.17) is 20.9 Å². The van der Waals surface area contributed by atoms with Gasteiger partial charge in [-0.1, -0.05) is 36.4 Å². The van der Waals surface area contributed by atoms with Crippen LogP contribution in [0.4, 0.5) is 11.6 Å². The Labute approximate surface area is 825 Å². The molecule has 5 atom stereocenters. The first-order chi connectivity index (χ1) is 67.4. The molecule has 0 aliphatic carbocycles. The number of nitrogens with one attached hydrogen (secondary N) is 11. The van der Waals surface area contributed by atoms with E-state index < -0.39 is 224 Å². The third kappa shape index (κ3) is 42.9. The van der Waals surface area contributed by atoms with E-state index in [1.165, 1.54) is 90.9 Å². The van der Waals surface area contributed by atoms with Crippen LogP contribution in [0, 0.1) is 27.7 Å². The number of aliphatic carboxylic acids is 4. The lowest BCUT2D eigenvalue weighted by Crippen LogP contribution is -2.57. The van der Waals surface area contributed by atoms with Crippen molar-refractivity contribution < 1.29 is 145 Å². The molecule has 0 radical (unpaired) electrons. The van der Waals surface area contributed by atoms with Crippen molar-refractivity contribution in [1.82, 2.24) is 86.9 Å². The molecule has 7 rings (SSSR count). The Morgan fingerprint density at radius 1 is 0.406 bits per heavy atom. The molecule has 1 fully saturated rings. The van der Waals surface area contributed by atoms with E-state index in [-0.39, 0.29) is 166 Å².